The number of aromatic nitrogens is 3. The SMILES string of the molecule is Cc1nn(C)c2nc(N3CCCC[C@H]3c3ccc(F)cc3)sc12. The number of benzene rings is 1. The van der Waals surface area contributed by atoms with Crippen LogP contribution in [0.4, 0.5) is 9.52 Å². The van der Waals surface area contributed by atoms with Gasteiger partial charge in [-0.3, -0.25) is 0 Å². The molecule has 4 rings (SSSR count). The third-order valence-corrected chi connectivity index (χ3v) is 5.73. The number of fused-ring (bicyclic) bond motifs is 1. The van der Waals surface area contributed by atoms with Gasteiger partial charge in [-0.2, -0.15) is 5.10 Å². The first-order valence-corrected chi connectivity index (χ1v) is 8.77. The Kier molecular flexibility index (Phi) is 3.56. The van der Waals surface area contributed by atoms with E-state index in [0.29, 0.717) is 0 Å². The van der Waals surface area contributed by atoms with Gasteiger partial charge in [0.05, 0.1) is 16.4 Å². The molecule has 6 heteroatoms. The first-order valence-electron chi connectivity index (χ1n) is 7.96. The summed E-state index contributed by atoms with van der Waals surface area (Å²) in [6, 6.07) is 7.18. The Morgan fingerprint density at radius 2 is 2.00 bits per heavy atom. The maximum absolute atomic E-state index is 13.2. The highest BCUT2D eigenvalue weighted by molar-refractivity contribution is 7.22. The van der Waals surface area contributed by atoms with Gasteiger partial charge in [-0.25, -0.2) is 14.1 Å². The molecule has 3 aromatic rings. The maximum atomic E-state index is 13.2. The van der Waals surface area contributed by atoms with Crippen molar-refractivity contribution in [3.8, 4) is 0 Å². The predicted octanol–water partition coefficient (Wildman–Crippen LogP) is 4.21. The van der Waals surface area contributed by atoms with E-state index in [4.69, 9.17) is 4.98 Å². The van der Waals surface area contributed by atoms with Gasteiger partial charge in [0.1, 0.15) is 5.82 Å². The normalized spacial score (nSPS) is 18.7. The van der Waals surface area contributed by atoms with Crippen LogP contribution in [0.15, 0.2) is 24.3 Å². The van der Waals surface area contributed by atoms with E-state index >= 15 is 0 Å². The summed E-state index contributed by atoms with van der Waals surface area (Å²) < 4.78 is 16.2. The summed E-state index contributed by atoms with van der Waals surface area (Å²) in [5.74, 6) is -0.183. The molecule has 0 radical (unpaired) electrons. The minimum absolute atomic E-state index is 0.183. The molecule has 0 amide bonds. The van der Waals surface area contributed by atoms with Gasteiger partial charge in [-0.15, -0.1) is 0 Å². The molecule has 4 nitrogen and oxygen atoms in total. The standard InChI is InChI=1S/C17H19FN4S/c1-11-15-16(21(2)20-11)19-17(23-15)22-10-4-3-5-14(22)12-6-8-13(18)9-7-12/h6-9,14H,3-5,10H2,1-2H3/t14-/m0/s1. The Labute approximate surface area is 138 Å². The summed E-state index contributed by atoms with van der Waals surface area (Å²) in [6.45, 7) is 3.02. The molecule has 0 bridgehead atoms. The van der Waals surface area contributed by atoms with Crippen LogP contribution in [0, 0.1) is 12.7 Å². The number of rotatable bonds is 2. The number of nitrogens with zero attached hydrogens (tertiary/aromatic N) is 4. The van der Waals surface area contributed by atoms with Crippen molar-refractivity contribution in [2.24, 2.45) is 7.05 Å². The molecule has 1 aromatic carbocycles. The lowest BCUT2D eigenvalue weighted by molar-refractivity contribution is 0.472. The van der Waals surface area contributed by atoms with Crippen molar-refractivity contribution in [3.63, 3.8) is 0 Å². The number of thiazole rings is 1. The molecule has 120 valence electrons. The minimum atomic E-state index is -0.183. The van der Waals surface area contributed by atoms with Crippen molar-refractivity contribution >= 4 is 26.8 Å². The second-order valence-electron chi connectivity index (χ2n) is 6.11. The highest BCUT2D eigenvalue weighted by Crippen LogP contribution is 2.39. The summed E-state index contributed by atoms with van der Waals surface area (Å²) >= 11 is 1.71. The highest BCUT2D eigenvalue weighted by atomic mass is 32.1. The van der Waals surface area contributed by atoms with Gasteiger partial charge in [0, 0.05) is 13.6 Å². The van der Waals surface area contributed by atoms with Gasteiger partial charge >= 0.3 is 0 Å². The lowest BCUT2D eigenvalue weighted by Gasteiger charge is -2.35. The van der Waals surface area contributed by atoms with Crippen LogP contribution in [0.25, 0.3) is 10.3 Å². The summed E-state index contributed by atoms with van der Waals surface area (Å²) in [5, 5.41) is 5.47. The summed E-state index contributed by atoms with van der Waals surface area (Å²) in [7, 11) is 1.94. The van der Waals surface area contributed by atoms with E-state index < -0.39 is 0 Å². The topological polar surface area (TPSA) is 34.0 Å². The zero-order valence-electron chi connectivity index (χ0n) is 13.3. The maximum Gasteiger partial charge on any atom is 0.188 e. The lowest BCUT2D eigenvalue weighted by Crippen LogP contribution is -2.33. The van der Waals surface area contributed by atoms with Crippen LogP contribution in [-0.2, 0) is 7.05 Å². The second-order valence-corrected chi connectivity index (χ2v) is 7.09. The molecule has 0 unspecified atom stereocenters. The quantitative estimate of drug-likeness (QED) is 0.706. The van der Waals surface area contributed by atoms with Crippen LogP contribution >= 0.6 is 11.3 Å². The van der Waals surface area contributed by atoms with E-state index in [1.165, 1.54) is 18.4 Å². The molecule has 1 aliphatic heterocycles. The molecular weight excluding hydrogens is 311 g/mol. The van der Waals surface area contributed by atoms with Crippen molar-refractivity contribution < 1.29 is 4.39 Å². The molecule has 0 N–H and O–H groups in total. The molecular formula is C17H19FN4S. The molecule has 0 saturated carbocycles. The fourth-order valence-corrected chi connectivity index (χ4v) is 4.50. The van der Waals surface area contributed by atoms with Gasteiger partial charge in [0.25, 0.3) is 0 Å². The van der Waals surface area contributed by atoms with Crippen molar-refractivity contribution in [3.05, 3.63) is 41.3 Å². The fraction of sp³-hybridized carbons (Fsp3) is 0.412. The number of hydrogen-bond acceptors (Lipinski definition) is 4. The van der Waals surface area contributed by atoms with Crippen LogP contribution < -0.4 is 4.90 Å². The fourth-order valence-electron chi connectivity index (χ4n) is 3.39. The first kappa shape index (κ1) is 14.6. The molecule has 1 aliphatic rings. The smallest absolute Gasteiger partial charge is 0.188 e. The van der Waals surface area contributed by atoms with Gasteiger partial charge in [0.2, 0.25) is 0 Å². The van der Waals surface area contributed by atoms with Crippen LogP contribution in [0.3, 0.4) is 0 Å². The largest absolute Gasteiger partial charge is 0.341 e. The average molecular weight is 330 g/mol. The number of halogens is 1. The van der Waals surface area contributed by atoms with Gasteiger partial charge in [-0.05, 0) is 43.9 Å². The average Bonchev–Trinajstić information content (AvgIpc) is 3.10. The van der Waals surface area contributed by atoms with E-state index in [2.05, 4.69) is 10.00 Å². The van der Waals surface area contributed by atoms with Crippen LogP contribution in [-0.4, -0.2) is 21.3 Å². The van der Waals surface area contributed by atoms with Crippen molar-refractivity contribution in [1.82, 2.24) is 14.8 Å². The Bertz CT molecular complexity index is 802. The zero-order chi connectivity index (χ0) is 16.0. The van der Waals surface area contributed by atoms with Gasteiger partial charge in [-0.1, -0.05) is 23.5 Å². The second kappa shape index (κ2) is 5.60. The van der Waals surface area contributed by atoms with Crippen LogP contribution in [0.5, 0.6) is 0 Å². The molecule has 0 aliphatic carbocycles. The lowest BCUT2D eigenvalue weighted by atomic mass is 9.96. The summed E-state index contributed by atoms with van der Waals surface area (Å²) in [6.07, 6.45) is 3.45. The number of piperidine rings is 1. The Morgan fingerprint density at radius 3 is 2.74 bits per heavy atom. The van der Waals surface area contributed by atoms with Crippen molar-refractivity contribution in [1.29, 1.82) is 0 Å². The summed E-state index contributed by atoms with van der Waals surface area (Å²) in [4.78, 5) is 7.20. The van der Waals surface area contributed by atoms with E-state index in [-0.39, 0.29) is 11.9 Å². The molecule has 1 atom stereocenters. The van der Waals surface area contributed by atoms with Crippen LogP contribution in [0.1, 0.15) is 36.6 Å². The monoisotopic (exact) mass is 330 g/mol. The number of anilines is 1. The predicted molar refractivity (Wildman–Crippen MR) is 91.5 cm³/mol. The van der Waals surface area contributed by atoms with Crippen LogP contribution in [0.2, 0.25) is 0 Å². The van der Waals surface area contributed by atoms with E-state index in [9.17, 15) is 4.39 Å². The Morgan fingerprint density at radius 1 is 1.22 bits per heavy atom. The Balaban J connectivity index is 1.74. The molecule has 2 aromatic heterocycles. The molecule has 1 fully saturated rings. The first-order chi connectivity index (χ1) is 11.1. The third kappa shape index (κ3) is 2.51. The van der Waals surface area contributed by atoms with Gasteiger partial charge in [0.15, 0.2) is 10.8 Å². The van der Waals surface area contributed by atoms with E-state index in [1.54, 1.807) is 23.5 Å². The summed E-state index contributed by atoms with van der Waals surface area (Å²) in [5.41, 5.74) is 3.15. The van der Waals surface area contributed by atoms with Gasteiger partial charge < -0.3 is 4.90 Å². The van der Waals surface area contributed by atoms with Crippen molar-refractivity contribution in [2.45, 2.75) is 32.2 Å². The minimum Gasteiger partial charge on any atom is -0.341 e. The van der Waals surface area contributed by atoms with Crippen molar-refractivity contribution in [2.75, 3.05) is 11.4 Å². The molecule has 0 spiro atoms. The Hall–Kier alpha value is -1.95. The molecule has 3 heterocycles. The molecule has 23 heavy (non-hydrogen) atoms. The third-order valence-electron chi connectivity index (χ3n) is 4.54. The number of aryl methyl sites for hydroxylation is 2. The number of hydrogen-bond donors (Lipinski definition) is 0. The molecule has 1 saturated heterocycles. The van der Waals surface area contributed by atoms with E-state index in [1.807, 2.05) is 30.8 Å². The zero-order valence-corrected chi connectivity index (χ0v) is 14.1. The highest BCUT2D eigenvalue weighted by Gasteiger charge is 2.27. The van der Waals surface area contributed by atoms with E-state index in [0.717, 1.165) is 34.1 Å².